The zero-order valence-electron chi connectivity index (χ0n) is 7.27. The van der Waals surface area contributed by atoms with E-state index in [0.29, 0.717) is 6.42 Å². The summed E-state index contributed by atoms with van der Waals surface area (Å²) in [6.45, 7) is 3.50. The first-order valence-corrected chi connectivity index (χ1v) is 5.48. The summed E-state index contributed by atoms with van der Waals surface area (Å²) in [6, 6.07) is 0. The fraction of sp³-hybridized carbons (Fsp3) is 1.00. The lowest BCUT2D eigenvalue weighted by atomic mass is 10.4. The zero-order valence-corrected chi connectivity index (χ0v) is 8.08. The second-order valence-corrected chi connectivity index (χ2v) is 5.08. The van der Waals surface area contributed by atoms with Gasteiger partial charge in [0, 0.05) is 11.5 Å². The molecular formula is C6H13N3O2S. The molecule has 0 aromatic carbocycles. The van der Waals surface area contributed by atoms with Gasteiger partial charge in [0.05, 0.1) is 11.0 Å². The maximum absolute atomic E-state index is 11.3. The van der Waals surface area contributed by atoms with Gasteiger partial charge in [0.25, 0.3) is 0 Å². The first-order chi connectivity index (χ1) is 5.54. The maximum Gasteiger partial charge on any atom is 0.153 e. The molecule has 0 aliphatic carbocycles. The first-order valence-electron chi connectivity index (χ1n) is 3.77. The van der Waals surface area contributed by atoms with Gasteiger partial charge in [-0.25, -0.2) is 8.42 Å². The predicted molar refractivity (Wildman–Crippen MR) is 47.6 cm³/mol. The summed E-state index contributed by atoms with van der Waals surface area (Å²) in [5.74, 6) is -0.0495. The van der Waals surface area contributed by atoms with Crippen molar-refractivity contribution >= 4 is 9.84 Å². The van der Waals surface area contributed by atoms with E-state index in [2.05, 4.69) is 10.0 Å². The van der Waals surface area contributed by atoms with E-state index in [4.69, 9.17) is 5.53 Å². The van der Waals surface area contributed by atoms with Crippen molar-refractivity contribution < 1.29 is 8.42 Å². The molecule has 0 spiro atoms. The fourth-order valence-electron chi connectivity index (χ4n) is 0.668. The number of rotatable bonds is 5. The Labute approximate surface area is 72.3 Å². The highest BCUT2D eigenvalue weighted by Gasteiger charge is 2.17. The highest BCUT2D eigenvalue weighted by atomic mass is 32.2. The molecule has 0 radical (unpaired) electrons. The minimum absolute atomic E-state index is 0.0309. The minimum Gasteiger partial charge on any atom is -0.229 e. The van der Waals surface area contributed by atoms with E-state index < -0.39 is 9.84 Å². The van der Waals surface area contributed by atoms with Crippen LogP contribution in [0.15, 0.2) is 5.11 Å². The molecule has 0 saturated carbocycles. The van der Waals surface area contributed by atoms with Crippen molar-refractivity contribution in [3.8, 4) is 0 Å². The Morgan fingerprint density at radius 2 is 2.17 bits per heavy atom. The molecule has 5 nitrogen and oxygen atoms in total. The third kappa shape index (κ3) is 3.59. The van der Waals surface area contributed by atoms with Crippen molar-refractivity contribution in [2.24, 2.45) is 5.11 Å². The largest absolute Gasteiger partial charge is 0.229 e. The van der Waals surface area contributed by atoms with Gasteiger partial charge in [0.2, 0.25) is 0 Å². The van der Waals surface area contributed by atoms with Crippen molar-refractivity contribution in [3.63, 3.8) is 0 Å². The quantitative estimate of drug-likeness (QED) is 0.375. The van der Waals surface area contributed by atoms with Gasteiger partial charge in [0.15, 0.2) is 9.84 Å². The van der Waals surface area contributed by atoms with Gasteiger partial charge in [0.1, 0.15) is 0 Å². The molecule has 0 saturated heterocycles. The van der Waals surface area contributed by atoms with Gasteiger partial charge >= 0.3 is 0 Å². The van der Waals surface area contributed by atoms with Crippen LogP contribution in [-0.4, -0.2) is 26.0 Å². The van der Waals surface area contributed by atoms with Crippen molar-refractivity contribution in [3.05, 3.63) is 10.4 Å². The average Bonchev–Trinajstić information content (AvgIpc) is 2.03. The van der Waals surface area contributed by atoms with Gasteiger partial charge in [-0.15, -0.1) is 0 Å². The summed E-state index contributed by atoms with van der Waals surface area (Å²) < 4.78 is 22.5. The molecule has 0 bridgehead atoms. The van der Waals surface area contributed by atoms with E-state index in [1.54, 1.807) is 6.92 Å². The summed E-state index contributed by atoms with van der Waals surface area (Å²) in [6.07, 6.45) is 0.596. The zero-order chi connectivity index (χ0) is 9.61. The van der Waals surface area contributed by atoms with E-state index >= 15 is 0 Å². The van der Waals surface area contributed by atoms with Gasteiger partial charge in [-0.1, -0.05) is 12.0 Å². The lowest BCUT2D eigenvalue weighted by molar-refractivity contribution is 0.581. The average molecular weight is 191 g/mol. The molecule has 0 aliphatic heterocycles. The third-order valence-electron chi connectivity index (χ3n) is 1.73. The Morgan fingerprint density at radius 3 is 2.58 bits per heavy atom. The van der Waals surface area contributed by atoms with Crippen LogP contribution in [0.1, 0.15) is 20.3 Å². The molecule has 6 heteroatoms. The van der Waals surface area contributed by atoms with E-state index in [1.165, 1.54) is 0 Å². The van der Waals surface area contributed by atoms with Crippen molar-refractivity contribution in [1.82, 2.24) is 0 Å². The Morgan fingerprint density at radius 1 is 1.58 bits per heavy atom. The van der Waals surface area contributed by atoms with Crippen LogP contribution in [0.4, 0.5) is 0 Å². The summed E-state index contributed by atoms with van der Waals surface area (Å²) in [5.41, 5.74) is 7.92. The third-order valence-corrected chi connectivity index (χ3v) is 4.04. The normalized spacial score (nSPS) is 13.5. The molecule has 0 aromatic heterocycles. The maximum atomic E-state index is 11.3. The number of azide groups is 1. The number of hydrogen-bond acceptors (Lipinski definition) is 3. The van der Waals surface area contributed by atoms with E-state index in [9.17, 15) is 8.42 Å². The van der Waals surface area contributed by atoms with Crippen molar-refractivity contribution in [2.75, 3.05) is 12.3 Å². The summed E-state index contributed by atoms with van der Waals surface area (Å²) >= 11 is 0. The van der Waals surface area contributed by atoms with Crippen molar-refractivity contribution in [2.45, 2.75) is 25.5 Å². The van der Waals surface area contributed by atoms with Crippen LogP contribution in [-0.2, 0) is 9.84 Å². The summed E-state index contributed by atoms with van der Waals surface area (Å²) in [4.78, 5) is 2.48. The molecule has 1 unspecified atom stereocenters. The van der Waals surface area contributed by atoms with Gasteiger partial charge in [-0.2, -0.15) is 0 Å². The molecule has 0 aliphatic rings. The van der Waals surface area contributed by atoms with Crippen LogP contribution in [0.5, 0.6) is 0 Å². The van der Waals surface area contributed by atoms with Crippen LogP contribution in [0, 0.1) is 0 Å². The number of hydrogen-bond donors (Lipinski definition) is 0. The Bertz CT molecular complexity index is 267. The lowest BCUT2D eigenvalue weighted by Crippen LogP contribution is -2.21. The van der Waals surface area contributed by atoms with Gasteiger partial charge in [-0.3, -0.25) is 0 Å². The fourth-order valence-corrected chi connectivity index (χ4v) is 1.91. The summed E-state index contributed by atoms with van der Waals surface area (Å²) in [5, 5.41) is 2.83. The molecule has 0 N–H and O–H groups in total. The van der Waals surface area contributed by atoms with E-state index in [1.807, 2.05) is 6.92 Å². The Balaban J connectivity index is 4.14. The van der Waals surface area contributed by atoms with Crippen LogP contribution >= 0.6 is 0 Å². The van der Waals surface area contributed by atoms with Crippen LogP contribution in [0.2, 0.25) is 0 Å². The monoisotopic (exact) mass is 191 g/mol. The smallest absolute Gasteiger partial charge is 0.153 e. The van der Waals surface area contributed by atoms with E-state index in [-0.39, 0.29) is 17.5 Å². The Hall–Kier alpha value is -0.740. The van der Waals surface area contributed by atoms with Crippen LogP contribution < -0.4 is 0 Å². The highest BCUT2D eigenvalue weighted by Crippen LogP contribution is 2.05. The second kappa shape index (κ2) is 5.00. The van der Waals surface area contributed by atoms with Crippen LogP contribution in [0.25, 0.3) is 10.4 Å². The molecule has 1 atom stereocenters. The molecule has 70 valence electrons. The van der Waals surface area contributed by atoms with Gasteiger partial charge in [-0.05, 0) is 18.9 Å². The molecule has 0 rings (SSSR count). The van der Waals surface area contributed by atoms with Gasteiger partial charge < -0.3 is 0 Å². The standard InChI is InChI=1S/C6H13N3O2S/c1-3-6(2)12(10,11)5-4-8-9-7/h6H,3-5H2,1-2H3. The molecule has 0 aromatic rings. The lowest BCUT2D eigenvalue weighted by Gasteiger charge is -2.07. The second-order valence-electron chi connectivity index (χ2n) is 2.54. The molecule has 12 heavy (non-hydrogen) atoms. The molecule has 0 amide bonds. The topological polar surface area (TPSA) is 82.9 Å². The Kier molecular flexibility index (Phi) is 4.70. The minimum atomic E-state index is -3.05. The molecule has 0 heterocycles. The SMILES string of the molecule is CCC(C)S(=O)(=O)CCN=[N+]=[N-]. The first kappa shape index (κ1) is 11.3. The van der Waals surface area contributed by atoms with Crippen molar-refractivity contribution in [1.29, 1.82) is 0 Å². The predicted octanol–water partition coefficient (Wildman–Crippen LogP) is 1.51. The highest BCUT2D eigenvalue weighted by molar-refractivity contribution is 7.92. The number of nitrogens with zero attached hydrogens (tertiary/aromatic N) is 3. The molecule has 0 fully saturated rings. The van der Waals surface area contributed by atoms with Crippen LogP contribution in [0.3, 0.4) is 0 Å². The molecular weight excluding hydrogens is 178 g/mol. The summed E-state index contributed by atoms with van der Waals surface area (Å²) in [7, 11) is -3.05. The van der Waals surface area contributed by atoms with E-state index in [0.717, 1.165) is 0 Å². The number of sulfone groups is 1.